The third-order valence-corrected chi connectivity index (χ3v) is 6.24. The predicted octanol–water partition coefficient (Wildman–Crippen LogP) is 5.11. The van der Waals surface area contributed by atoms with Gasteiger partial charge < -0.3 is 30.1 Å². The fraction of sp³-hybridized carbons (Fsp3) is 0.250. The fourth-order valence-corrected chi connectivity index (χ4v) is 4.47. The fourth-order valence-electron chi connectivity index (χ4n) is 4.47. The Hall–Kier alpha value is -4.55. The molecular weight excluding hydrogens is 472 g/mol. The first-order valence-corrected chi connectivity index (χ1v) is 11.8. The van der Waals surface area contributed by atoms with Gasteiger partial charge in [-0.1, -0.05) is 25.1 Å². The van der Waals surface area contributed by atoms with Crippen LogP contribution in [0.25, 0.3) is 0 Å². The lowest BCUT2D eigenvalue weighted by atomic mass is 9.80. The SMILES string of the molecule is COC[C@](C)(CC(=O)O)c1ccc(N2CCOc3ccccc32)c(NC(=O)Nc2ccc(C#N)cc2)c1. The molecule has 1 heterocycles. The number of carboxylic acids is 1. The number of ether oxygens (including phenoxy) is 2. The van der Waals surface area contributed by atoms with E-state index in [0.717, 1.165) is 22.7 Å². The van der Waals surface area contributed by atoms with E-state index in [1.807, 2.05) is 49.4 Å². The van der Waals surface area contributed by atoms with E-state index in [9.17, 15) is 14.7 Å². The van der Waals surface area contributed by atoms with Crippen molar-refractivity contribution >= 4 is 34.7 Å². The molecule has 0 radical (unpaired) electrons. The van der Waals surface area contributed by atoms with Crippen molar-refractivity contribution in [3.05, 3.63) is 77.9 Å². The van der Waals surface area contributed by atoms with Crippen molar-refractivity contribution in [1.29, 1.82) is 5.26 Å². The normalized spacial score (nSPS) is 13.9. The number of para-hydroxylation sites is 2. The Balaban J connectivity index is 1.72. The predicted molar refractivity (Wildman–Crippen MR) is 141 cm³/mol. The number of methoxy groups -OCH3 is 1. The molecule has 0 spiro atoms. The average molecular weight is 501 g/mol. The van der Waals surface area contributed by atoms with Gasteiger partial charge in [0.25, 0.3) is 0 Å². The van der Waals surface area contributed by atoms with Crippen molar-refractivity contribution in [2.24, 2.45) is 0 Å². The minimum absolute atomic E-state index is 0.141. The number of carboxylic acid groups (broad SMARTS) is 1. The number of hydrogen-bond acceptors (Lipinski definition) is 6. The number of aliphatic carboxylic acids is 1. The van der Waals surface area contributed by atoms with Crippen LogP contribution in [0.2, 0.25) is 0 Å². The molecule has 3 aromatic rings. The standard InChI is InChI=1S/C28H28N4O5/c1-28(18-36-2,16-26(33)34)20-9-12-23(32-13-14-37-25-6-4-3-5-24(25)32)22(15-20)31-27(35)30-21-10-7-19(17-29)8-11-21/h3-12,15H,13-14,16,18H2,1-2H3,(H,33,34)(H2,30,31,35)/t28-/m0/s1. The van der Waals surface area contributed by atoms with Crippen LogP contribution in [0.4, 0.5) is 27.5 Å². The second-order valence-electron chi connectivity index (χ2n) is 9.03. The van der Waals surface area contributed by atoms with Gasteiger partial charge in [0, 0.05) is 18.2 Å². The van der Waals surface area contributed by atoms with Crippen LogP contribution in [0.5, 0.6) is 5.75 Å². The van der Waals surface area contributed by atoms with Crippen LogP contribution in [-0.2, 0) is 14.9 Å². The number of amides is 2. The largest absolute Gasteiger partial charge is 0.490 e. The number of nitriles is 1. The maximum Gasteiger partial charge on any atom is 0.323 e. The molecule has 0 fully saturated rings. The van der Waals surface area contributed by atoms with E-state index in [-0.39, 0.29) is 13.0 Å². The van der Waals surface area contributed by atoms with Gasteiger partial charge in [0.05, 0.1) is 48.3 Å². The zero-order valence-electron chi connectivity index (χ0n) is 20.7. The van der Waals surface area contributed by atoms with Gasteiger partial charge in [-0.3, -0.25) is 4.79 Å². The molecular formula is C28H28N4O5. The van der Waals surface area contributed by atoms with E-state index in [0.29, 0.717) is 30.1 Å². The Morgan fingerprint density at radius 1 is 1.11 bits per heavy atom. The quantitative estimate of drug-likeness (QED) is 0.393. The zero-order valence-corrected chi connectivity index (χ0v) is 20.7. The number of nitrogens with one attached hydrogen (secondary N) is 2. The summed E-state index contributed by atoms with van der Waals surface area (Å²) in [5, 5.41) is 24.3. The first kappa shape index (κ1) is 25.5. The summed E-state index contributed by atoms with van der Waals surface area (Å²) in [7, 11) is 1.53. The Bertz CT molecular complexity index is 1340. The number of nitrogens with zero attached hydrogens (tertiary/aromatic N) is 2. The summed E-state index contributed by atoms with van der Waals surface area (Å²) in [4.78, 5) is 26.7. The molecule has 3 aromatic carbocycles. The molecule has 1 aliphatic rings. The molecule has 37 heavy (non-hydrogen) atoms. The van der Waals surface area contributed by atoms with E-state index >= 15 is 0 Å². The summed E-state index contributed by atoms with van der Waals surface area (Å²) in [5.74, 6) is -0.209. The van der Waals surface area contributed by atoms with E-state index in [1.165, 1.54) is 7.11 Å². The monoisotopic (exact) mass is 500 g/mol. The molecule has 0 bridgehead atoms. The van der Waals surface area contributed by atoms with Crippen LogP contribution >= 0.6 is 0 Å². The first-order chi connectivity index (χ1) is 17.8. The average Bonchev–Trinajstić information content (AvgIpc) is 2.88. The number of carbonyl (C=O) groups is 2. The highest BCUT2D eigenvalue weighted by Gasteiger charge is 2.32. The lowest BCUT2D eigenvalue weighted by Gasteiger charge is -2.34. The lowest BCUT2D eigenvalue weighted by Crippen LogP contribution is -2.32. The molecule has 0 saturated carbocycles. The second-order valence-corrected chi connectivity index (χ2v) is 9.03. The molecule has 9 nitrogen and oxygen atoms in total. The summed E-state index contributed by atoms with van der Waals surface area (Å²) < 4.78 is 11.2. The molecule has 9 heteroatoms. The van der Waals surface area contributed by atoms with Crippen LogP contribution in [0, 0.1) is 11.3 Å². The van der Waals surface area contributed by atoms with Crippen molar-refractivity contribution in [2.75, 3.05) is 42.4 Å². The Morgan fingerprint density at radius 3 is 2.57 bits per heavy atom. The van der Waals surface area contributed by atoms with Crippen molar-refractivity contribution < 1.29 is 24.2 Å². The summed E-state index contributed by atoms with van der Waals surface area (Å²) in [5.41, 5.74) is 3.03. The van der Waals surface area contributed by atoms with E-state index in [4.69, 9.17) is 14.7 Å². The molecule has 190 valence electrons. The van der Waals surface area contributed by atoms with Crippen molar-refractivity contribution in [1.82, 2.24) is 0 Å². The number of rotatable bonds is 8. The number of urea groups is 1. The van der Waals surface area contributed by atoms with Gasteiger partial charge in [-0.15, -0.1) is 0 Å². The minimum Gasteiger partial charge on any atom is -0.490 e. The zero-order chi connectivity index (χ0) is 26.4. The maximum atomic E-state index is 13.0. The van der Waals surface area contributed by atoms with Gasteiger partial charge in [0.1, 0.15) is 12.4 Å². The topological polar surface area (TPSA) is 124 Å². The van der Waals surface area contributed by atoms with Crippen LogP contribution in [0.1, 0.15) is 24.5 Å². The molecule has 4 rings (SSSR count). The van der Waals surface area contributed by atoms with Crippen molar-refractivity contribution in [2.45, 2.75) is 18.8 Å². The van der Waals surface area contributed by atoms with Crippen LogP contribution in [0.15, 0.2) is 66.7 Å². The Labute approximate surface area is 215 Å². The van der Waals surface area contributed by atoms with Crippen LogP contribution in [0.3, 0.4) is 0 Å². The minimum atomic E-state index is -0.946. The molecule has 0 saturated heterocycles. The first-order valence-electron chi connectivity index (χ1n) is 11.8. The summed E-state index contributed by atoms with van der Waals surface area (Å²) >= 11 is 0. The molecule has 3 N–H and O–H groups in total. The van der Waals surface area contributed by atoms with E-state index in [2.05, 4.69) is 15.5 Å². The third kappa shape index (κ3) is 5.82. The van der Waals surface area contributed by atoms with Gasteiger partial charge in [0.2, 0.25) is 0 Å². The van der Waals surface area contributed by atoms with E-state index < -0.39 is 17.4 Å². The Kier molecular flexibility index (Phi) is 7.60. The van der Waals surface area contributed by atoms with Gasteiger partial charge in [0.15, 0.2) is 0 Å². The van der Waals surface area contributed by atoms with Crippen molar-refractivity contribution in [3.63, 3.8) is 0 Å². The number of anilines is 4. The van der Waals surface area contributed by atoms with E-state index in [1.54, 1.807) is 30.3 Å². The van der Waals surface area contributed by atoms with Crippen LogP contribution < -0.4 is 20.3 Å². The molecule has 1 aliphatic heterocycles. The third-order valence-electron chi connectivity index (χ3n) is 6.24. The van der Waals surface area contributed by atoms with Gasteiger partial charge >= 0.3 is 12.0 Å². The molecule has 0 aromatic heterocycles. The van der Waals surface area contributed by atoms with Crippen LogP contribution in [-0.4, -0.2) is 44.0 Å². The number of carbonyl (C=O) groups excluding carboxylic acids is 1. The van der Waals surface area contributed by atoms with Gasteiger partial charge in [-0.2, -0.15) is 5.26 Å². The summed E-state index contributed by atoms with van der Waals surface area (Å²) in [6.07, 6.45) is -0.141. The molecule has 0 unspecified atom stereocenters. The number of fused-ring (bicyclic) bond motifs is 1. The maximum absolute atomic E-state index is 13.0. The van der Waals surface area contributed by atoms with Crippen molar-refractivity contribution in [3.8, 4) is 11.8 Å². The van der Waals surface area contributed by atoms with Gasteiger partial charge in [-0.25, -0.2) is 4.79 Å². The lowest BCUT2D eigenvalue weighted by molar-refractivity contribution is -0.138. The Morgan fingerprint density at radius 2 is 1.86 bits per heavy atom. The molecule has 1 atom stereocenters. The molecule has 0 aliphatic carbocycles. The smallest absolute Gasteiger partial charge is 0.323 e. The number of benzene rings is 3. The van der Waals surface area contributed by atoms with Gasteiger partial charge in [-0.05, 0) is 54.1 Å². The summed E-state index contributed by atoms with van der Waals surface area (Å²) in [6.45, 7) is 3.04. The highest BCUT2D eigenvalue weighted by atomic mass is 16.5. The number of hydrogen-bond donors (Lipinski definition) is 3. The summed E-state index contributed by atoms with van der Waals surface area (Å²) in [6, 6.07) is 21.3. The second kappa shape index (κ2) is 11.0. The molecule has 2 amide bonds. The highest BCUT2D eigenvalue weighted by molar-refractivity contribution is 6.02. The highest BCUT2D eigenvalue weighted by Crippen LogP contribution is 2.41.